The summed E-state index contributed by atoms with van der Waals surface area (Å²) in [5.41, 5.74) is 3.73. The molecule has 0 radical (unpaired) electrons. The molecule has 0 aromatic carbocycles. The highest BCUT2D eigenvalue weighted by Gasteiger charge is 2.30. The minimum atomic E-state index is -0.384. The van der Waals surface area contributed by atoms with Crippen molar-refractivity contribution in [2.75, 3.05) is 52.9 Å². The van der Waals surface area contributed by atoms with Gasteiger partial charge in [0.15, 0.2) is 0 Å². The summed E-state index contributed by atoms with van der Waals surface area (Å²) < 4.78 is 20.9. The smallest absolute Gasteiger partial charge is 0.331 e. The average molecular weight is 477 g/mol. The van der Waals surface area contributed by atoms with Crippen LogP contribution in [0.1, 0.15) is 47.5 Å². The van der Waals surface area contributed by atoms with Crippen LogP contribution in [0.3, 0.4) is 0 Å². The van der Waals surface area contributed by atoms with E-state index in [1.54, 1.807) is 0 Å². The standard InChI is InChI=1S/C28H44O6/c1-23(11-12-26-25(3)10-7-13-28(26,4)5)8-6-9-24(2)22-27(30)34-21-20-33-19-18-32-17-16-31-15-14-29/h6,8-12,22,26,29H,7,13-21H2,1-5H3/b9-6?,12-11+,23-8?,24-22-. The molecule has 0 aromatic heterocycles. The van der Waals surface area contributed by atoms with Gasteiger partial charge in [0.05, 0.1) is 46.2 Å². The third-order valence-electron chi connectivity index (χ3n) is 5.65. The molecule has 34 heavy (non-hydrogen) atoms. The maximum atomic E-state index is 11.9. The van der Waals surface area contributed by atoms with Gasteiger partial charge in [-0.3, -0.25) is 0 Å². The Hall–Kier alpha value is -1.99. The summed E-state index contributed by atoms with van der Waals surface area (Å²) in [6.45, 7) is 13.5. The Balaban J connectivity index is 2.26. The predicted molar refractivity (Wildman–Crippen MR) is 137 cm³/mol. The number of allylic oxidation sites excluding steroid dienone is 9. The summed E-state index contributed by atoms with van der Waals surface area (Å²) in [5, 5.41) is 8.58. The number of ether oxygens (including phenoxy) is 4. The van der Waals surface area contributed by atoms with Crippen LogP contribution in [0.2, 0.25) is 0 Å². The highest BCUT2D eigenvalue weighted by atomic mass is 16.6. The molecule has 0 bridgehead atoms. The van der Waals surface area contributed by atoms with Crippen LogP contribution in [-0.2, 0) is 23.7 Å². The normalized spacial score (nSPS) is 19.1. The maximum absolute atomic E-state index is 11.9. The van der Waals surface area contributed by atoms with Crippen molar-refractivity contribution >= 4 is 5.97 Å². The Morgan fingerprint density at radius 2 is 1.62 bits per heavy atom. The van der Waals surface area contributed by atoms with Gasteiger partial charge in [0.1, 0.15) is 6.61 Å². The number of hydrogen-bond acceptors (Lipinski definition) is 6. The molecule has 0 saturated heterocycles. The molecule has 1 rings (SSSR count). The van der Waals surface area contributed by atoms with E-state index in [1.165, 1.54) is 30.1 Å². The second kappa shape index (κ2) is 17.4. The lowest BCUT2D eigenvalue weighted by Gasteiger charge is -2.36. The minimum Gasteiger partial charge on any atom is -0.460 e. The monoisotopic (exact) mass is 476 g/mol. The molecular weight excluding hydrogens is 432 g/mol. The van der Waals surface area contributed by atoms with Crippen LogP contribution >= 0.6 is 0 Å². The van der Waals surface area contributed by atoms with E-state index in [0.717, 1.165) is 5.57 Å². The van der Waals surface area contributed by atoms with Gasteiger partial charge in [0.25, 0.3) is 0 Å². The lowest BCUT2D eigenvalue weighted by Crippen LogP contribution is -2.26. The molecule has 6 heteroatoms. The first kappa shape index (κ1) is 30.0. The van der Waals surface area contributed by atoms with Gasteiger partial charge in [-0.05, 0) is 44.6 Å². The van der Waals surface area contributed by atoms with Crippen molar-refractivity contribution in [1.82, 2.24) is 0 Å². The number of rotatable bonds is 16. The SMILES string of the molecule is CC(=CC=C/C(C)=C\C(=O)OCCOCCOCCOCCO)/C=C/C1C(C)=CCCC1(C)C. The lowest BCUT2D eigenvalue weighted by atomic mass is 9.68. The number of esters is 1. The molecule has 1 N–H and O–H groups in total. The lowest BCUT2D eigenvalue weighted by molar-refractivity contribution is -0.139. The largest absolute Gasteiger partial charge is 0.460 e. The first-order chi connectivity index (χ1) is 16.3. The van der Waals surface area contributed by atoms with E-state index in [9.17, 15) is 4.79 Å². The van der Waals surface area contributed by atoms with Crippen LogP contribution in [0.15, 0.2) is 59.3 Å². The third-order valence-corrected chi connectivity index (χ3v) is 5.65. The van der Waals surface area contributed by atoms with Crippen LogP contribution in [0.4, 0.5) is 0 Å². The Morgan fingerprint density at radius 1 is 1.00 bits per heavy atom. The molecule has 1 atom stereocenters. The molecule has 0 aromatic rings. The fourth-order valence-corrected chi connectivity index (χ4v) is 3.72. The summed E-state index contributed by atoms with van der Waals surface area (Å²) in [6, 6.07) is 0. The van der Waals surface area contributed by atoms with E-state index in [4.69, 9.17) is 24.1 Å². The Morgan fingerprint density at radius 3 is 2.24 bits per heavy atom. The van der Waals surface area contributed by atoms with Gasteiger partial charge in [-0.15, -0.1) is 0 Å². The van der Waals surface area contributed by atoms with E-state index in [0.29, 0.717) is 51.0 Å². The fraction of sp³-hybridized carbons (Fsp3) is 0.607. The molecule has 0 saturated carbocycles. The van der Waals surface area contributed by atoms with Crippen molar-refractivity contribution in [2.45, 2.75) is 47.5 Å². The van der Waals surface area contributed by atoms with E-state index < -0.39 is 0 Å². The van der Waals surface area contributed by atoms with Crippen molar-refractivity contribution in [3.05, 3.63) is 59.3 Å². The van der Waals surface area contributed by atoms with E-state index in [-0.39, 0.29) is 19.2 Å². The summed E-state index contributed by atoms with van der Waals surface area (Å²) in [4.78, 5) is 11.9. The molecular formula is C28H44O6. The van der Waals surface area contributed by atoms with Gasteiger partial charge < -0.3 is 24.1 Å². The van der Waals surface area contributed by atoms with Gasteiger partial charge in [-0.1, -0.05) is 61.4 Å². The highest BCUT2D eigenvalue weighted by Crippen LogP contribution is 2.41. The molecule has 0 heterocycles. The summed E-state index contributed by atoms with van der Waals surface area (Å²) in [5.74, 6) is 0.0869. The van der Waals surface area contributed by atoms with Crippen LogP contribution in [-0.4, -0.2) is 63.9 Å². The molecule has 0 fully saturated rings. The number of hydrogen-bond donors (Lipinski definition) is 1. The second-order valence-corrected chi connectivity index (χ2v) is 9.20. The van der Waals surface area contributed by atoms with Crippen LogP contribution < -0.4 is 0 Å². The van der Waals surface area contributed by atoms with Crippen molar-refractivity contribution < 1.29 is 28.8 Å². The Kier molecular flexibility index (Phi) is 15.4. The summed E-state index contributed by atoms with van der Waals surface area (Å²) >= 11 is 0. The van der Waals surface area contributed by atoms with Crippen molar-refractivity contribution in [3.63, 3.8) is 0 Å². The third kappa shape index (κ3) is 13.7. The zero-order valence-electron chi connectivity index (χ0n) is 21.7. The minimum absolute atomic E-state index is 0.0121. The van der Waals surface area contributed by atoms with Crippen LogP contribution in [0, 0.1) is 11.3 Å². The molecule has 0 amide bonds. The number of carbonyl (C=O) groups is 1. The molecule has 0 spiro atoms. The molecule has 1 aliphatic rings. The zero-order valence-corrected chi connectivity index (χ0v) is 21.7. The van der Waals surface area contributed by atoms with Gasteiger partial charge >= 0.3 is 5.97 Å². The van der Waals surface area contributed by atoms with Gasteiger partial charge in [0.2, 0.25) is 0 Å². The topological polar surface area (TPSA) is 74.2 Å². The summed E-state index contributed by atoms with van der Waals surface area (Å²) in [7, 11) is 0. The molecule has 1 aliphatic carbocycles. The van der Waals surface area contributed by atoms with Crippen LogP contribution in [0.25, 0.3) is 0 Å². The zero-order chi connectivity index (χ0) is 25.2. The number of aliphatic hydroxyl groups excluding tert-OH is 1. The maximum Gasteiger partial charge on any atom is 0.331 e. The fourth-order valence-electron chi connectivity index (χ4n) is 3.72. The quantitative estimate of drug-likeness (QED) is 0.112. The van der Waals surface area contributed by atoms with Crippen molar-refractivity contribution in [2.24, 2.45) is 11.3 Å². The van der Waals surface area contributed by atoms with E-state index in [1.807, 2.05) is 25.2 Å². The average Bonchev–Trinajstić information content (AvgIpc) is 2.76. The molecule has 192 valence electrons. The predicted octanol–water partition coefficient (Wildman–Crippen LogP) is 4.96. The second-order valence-electron chi connectivity index (χ2n) is 9.20. The first-order valence-corrected chi connectivity index (χ1v) is 12.1. The van der Waals surface area contributed by atoms with Crippen molar-refractivity contribution in [3.8, 4) is 0 Å². The summed E-state index contributed by atoms with van der Waals surface area (Å²) in [6.07, 6.45) is 16.6. The number of aliphatic hydroxyl groups is 1. The Bertz CT molecular complexity index is 742. The van der Waals surface area contributed by atoms with E-state index in [2.05, 4.69) is 45.9 Å². The molecule has 0 aliphatic heterocycles. The Labute approximate surface area is 206 Å². The first-order valence-electron chi connectivity index (χ1n) is 12.1. The highest BCUT2D eigenvalue weighted by molar-refractivity contribution is 5.83. The van der Waals surface area contributed by atoms with E-state index >= 15 is 0 Å². The van der Waals surface area contributed by atoms with Gasteiger partial charge in [0, 0.05) is 12.0 Å². The van der Waals surface area contributed by atoms with Crippen LogP contribution in [0.5, 0.6) is 0 Å². The molecule has 1 unspecified atom stereocenters. The van der Waals surface area contributed by atoms with Crippen molar-refractivity contribution in [1.29, 1.82) is 0 Å². The van der Waals surface area contributed by atoms with Gasteiger partial charge in [-0.2, -0.15) is 0 Å². The molecule has 6 nitrogen and oxygen atoms in total. The van der Waals surface area contributed by atoms with Gasteiger partial charge in [-0.25, -0.2) is 4.79 Å². The number of carbonyl (C=O) groups excluding carboxylic acids is 1.